The van der Waals surface area contributed by atoms with Crippen molar-refractivity contribution in [2.45, 2.75) is 0 Å². The van der Waals surface area contributed by atoms with Gasteiger partial charge in [0.25, 0.3) is 5.91 Å². The van der Waals surface area contributed by atoms with Crippen LogP contribution in [-0.4, -0.2) is 55.3 Å². The van der Waals surface area contributed by atoms with Crippen LogP contribution in [0.3, 0.4) is 0 Å². The van der Waals surface area contributed by atoms with Crippen LogP contribution < -0.4 is 5.32 Å². The number of fused-ring (bicyclic) bond motifs is 1. The van der Waals surface area contributed by atoms with Gasteiger partial charge in [-0.2, -0.15) is 0 Å². The van der Waals surface area contributed by atoms with Crippen molar-refractivity contribution in [1.82, 2.24) is 9.80 Å². The number of rotatable bonds is 3. The normalized spacial score (nSPS) is 15.3. The minimum absolute atomic E-state index is 0.0533. The third-order valence-corrected chi connectivity index (χ3v) is 3.26. The Morgan fingerprint density at radius 3 is 2.79 bits per heavy atom. The van der Waals surface area contributed by atoms with Gasteiger partial charge in [0.2, 0.25) is 5.91 Å². The number of nitrogens with one attached hydrogen (secondary N) is 1. The molecule has 0 saturated heterocycles. The molecule has 6 heteroatoms. The number of halogens is 1. The van der Waals surface area contributed by atoms with E-state index in [1.165, 1.54) is 4.90 Å². The van der Waals surface area contributed by atoms with Crippen LogP contribution in [0.15, 0.2) is 18.2 Å². The molecule has 0 spiro atoms. The van der Waals surface area contributed by atoms with E-state index in [2.05, 4.69) is 5.32 Å². The molecule has 0 aliphatic carbocycles. The molecule has 1 aromatic rings. The minimum atomic E-state index is -0.223. The van der Waals surface area contributed by atoms with Crippen molar-refractivity contribution in [2.75, 3.05) is 39.0 Å². The summed E-state index contributed by atoms with van der Waals surface area (Å²) in [5.74, 6) is -0.392. The first-order valence-electron chi connectivity index (χ1n) is 6.01. The maximum absolute atomic E-state index is 12.4. The molecule has 1 heterocycles. The molecular weight excluding hydrogens is 266 g/mol. The van der Waals surface area contributed by atoms with Gasteiger partial charge in [-0.3, -0.25) is 9.59 Å². The predicted molar refractivity (Wildman–Crippen MR) is 74.5 cm³/mol. The lowest BCUT2D eigenvalue weighted by Crippen LogP contribution is -2.39. The molecule has 1 aliphatic heterocycles. The predicted octanol–water partition coefficient (Wildman–Crippen LogP) is 1.30. The highest BCUT2D eigenvalue weighted by Crippen LogP contribution is 2.28. The summed E-state index contributed by atoms with van der Waals surface area (Å²) < 4.78 is 0. The fourth-order valence-electron chi connectivity index (χ4n) is 1.93. The maximum Gasteiger partial charge on any atom is 0.256 e. The van der Waals surface area contributed by atoms with E-state index in [0.29, 0.717) is 29.4 Å². The Kier molecular flexibility index (Phi) is 4.07. The van der Waals surface area contributed by atoms with Gasteiger partial charge >= 0.3 is 0 Å². The molecule has 0 aromatic heterocycles. The number of anilines is 1. The fraction of sp³-hybridized carbons (Fsp3) is 0.385. The van der Waals surface area contributed by atoms with E-state index >= 15 is 0 Å². The summed E-state index contributed by atoms with van der Waals surface area (Å²) in [5, 5.41) is 3.07. The molecule has 2 rings (SSSR count). The molecule has 0 unspecified atom stereocenters. The number of hydrogen-bond donors (Lipinski definition) is 1. The van der Waals surface area contributed by atoms with Crippen molar-refractivity contribution in [3.8, 4) is 0 Å². The van der Waals surface area contributed by atoms with Gasteiger partial charge in [0.1, 0.15) is 6.54 Å². The van der Waals surface area contributed by atoms with E-state index in [-0.39, 0.29) is 18.4 Å². The van der Waals surface area contributed by atoms with Crippen LogP contribution in [0.25, 0.3) is 0 Å². The van der Waals surface area contributed by atoms with E-state index < -0.39 is 0 Å². The quantitative estimate of drug-likeness (QED) is 0.908. The molecular formula is C13H16ClN3O2. The topological polar surface area (TPSA) is 52.6 Å². The van der Waals surface area contributed by atoms with Crippen molar-refractivity contribution in [3.63, 3.8) is 0 Å². The SMILES string of the molecule is CN(C)CCN1CC(=O)Nc2c(Cl)cccc2C1=O. The van der Waals surface area contributed by atoms with Gasteiger partial charge in [0.05, 0.1) is 16.3 Å². The molecule has 0 atom stereocenters. The Hall–Kier alpha value is -1.59. The summed E-state index contributed by atoms with van der Waals surface area (Å²) in [5.41, 5.74) is 0.851. The molecule has 0 fully saturated rings. The average molecular weight is 282 g/mol. The zero-order valence-electron chi connectivity index (χ0n) is 10.9. The Labute approximate surface area is 117 Å². The highest BCUT2D eigenvalue weighted by atomic mass is 35.5. The van der Waals surface area contributed by atoms with Crippen LogP contribution in [0, 0.1) is 0 Å². The third-order valence-electron chi connectivity index (χ3n) is 2.95. The third kappa shape index (κ3) is 3.05. The summed E-state index contributed by atoms with van der Waals surface area (Å²) in [6.45, 7) is 1.26. The Bertz CT molecular complexity index is 517. The second-order valence-electron chi connectivity index (χ2n) is 4.74. The summed E-state index contributed by atoms with van der Waals surface area (Å²) in [6, 6.07) is 5.04. The number of likely N-dealkylation sites (N-methyl/N-ethyl adjacent to an activating group) is 1. The van der Waals surface area contributed by atoms with Crippen molar-refractivity contribution in [1.29, 1.82) is 0 Å². The van der Waals surface area contributed by atoms with Crippen LogP contribution in [0.4, 0.5) is 5.69 Å². The number of para-hydroxylation sites is 1. The summed E-state index contributed by atoms with van der Waals surface area (Å²) >= 11 is 6.03. The van der Waals surface area contributed by atoms with E-state index in [0.717, 1.165) is 0 Å². The van der Waals surface area contributed by atoms with Crippen LogP contribution in [0.1, 0.15) is 10.4 Å². The molecule has 0 radical (unpaired) electrons. The maximum atomic E-state index is 12.4. The van der Waals surface area contributed by atoms with Crippen LogP contribution >= 0.6 is 11.6 Å². The lowest BCUT2D eigenvalue weighted by Gasteiger charge is -2.21. The minimum Gasteiger partial charge on any atom is -0.328 e. The Morgan fingerprint density at radius 1 is 1.37 bits per heavy atom. The van der Waals surface area contributed by atoms with Crippen LogP contribution in [-0.2, 0) is 4.79 Å². The van der Waals surface area contributed by atoms with E-state index in [9.17, 15) is 9.59 Å². The van der Waals surface area contributed by atoms with Crippen LogP contribution in [0.5, 0.6) is 0 Å². The molecule has 1 aromatic carbocycles. The standard InChI is InChI=1S/C13H16ClN3O2/c1-16(2)6-7-17-8-11(18)15-12-9(13(17)19)4-3-5-10(12)14/h3-5H,6-8H2,1-2H3,(H,15,18). The number of benzene rings is 1. The zero-order chi connectivity index (χ0) is 14.0. The van der Waals surface area contributed by atoms with Gasteiger partial charge in [-0.25, -0.2) is 0 Å². The van der Waals surface area contributed by atoms with Gasteiger partial charge in [0.15, 0.2) is 0 Å². The fourth-order valence-corrected chi connectivity index (χ4v) is 2.15. The molecule has 0 saturated carbocycles. The molecule has 0 bridgehead atoms. The largest absolute Gasteiger partial charge is 0.328 e. The Morgan fingerprint density at radius 2 is 2.11 bits per heavy atom. The molecule has 19 heavy (non-hydrogen) atoms. The first-order valence-corrected chi connectivity index (χ1v) is 6.39. The monoisotopic (exact) mass is 281 g/mol. The van der Waals surface area contributed by atoms with Crippen molar-refractivity contribution < 1.29 is 9.59 Å². The van der Waals surface area contributed by atoms with Gasteiger partial charge in [-0.15, -0.1) is 0 Å². The molecule has 1 aliphatic rings. The lowest BCUT2D eigenvalue weighted by atomic mass is 10.1. The second-order valence-corrected chi connectivity index (χ2v) is 5.15. The van der Waals surface area contributed by atoms with E-state index in [1.54, 1.807) is 18.2 Å². The molecule has 1 N–H and O–H groups in total. The molecule has 5 nitrogen and oxygen atoms in total. The smallest absolute Gasteiger partial charge is 0.256 e. The highest BCUT2D eigenvalue weighted by Gasteiger charge is 2.27. The van der Waals surface area contributed by atoms with E-state index in [4.69, 9.17) is 11.6 Å². The summed E-state index contributed by atoms with van der Waals surface area (Å²) in [4.78, 5) is 27.7. The second kappa shape index (κ2) is 5.59. The van der Waals surface area contributed by atoms with Gasteiger partial charge in [-0.1, -0.05) is 17.7 Å². The van der Waals surface area contributed by atoms with Crippen molar-refractivity contribution in [3.05, 3.63) is 28.8 Å². The average Bonchev–Trinajstić information content (AvgIpc) is 2.47. The number of carbonyl (C=O) groups excluding carboxylic acids is 2. The Balaban J connectivity index is 2.31. The summed E-state index contributed by atoms with van der Waals surface area (Å²) in [7, 11) is 3.85. The lowest BCUT2D eigenvalue weighted by molar-refractivity contribution is -0.116. The highest BCUT2D eigenvalue weighted by molar-refractivity contribution is 6.35. The van der Waals surface area contributed by atoms with Crippen LogP contribution in [0.2, 0.25) is 5.02 Å². The van der Waals surface area contributed by atoms with Crippen molar-refractivity contribution >= 4 is 29.1 Å². The van der Waals surface area contributed by atoms with Gasteiger partial charge < -0.3 is 15.1 Å². The number of amides is 2. The number of hydrogen-bond acceptors (Lipinski definition) is 3. The number of carbonyl (C=O) groups is 2. The van der Waals surface area contributed by atoms with Crippen molar-refractivity contribution in [2.24, 2.45) is 0 Å². The van der Waals surface area contributed by atoms with Gasteiger partial charge in [-0.05, 0) is 26.2 Å². The van der Waals surface area contributed by atoms with Gasteiger partial charge in [0, 0.05) is 13.1 Å². The van der Waals surface area contributed by atoms with E-state index in [1.807, 2.05) is 19.0 Å². The number of nitrogens with zero attached hydrogens (tertiary/aromatic N) is 2. The molecule has 102 valence electrons. The first-order chi connectivity index (χ1) is 8.99. The summed E-state index contributed by atoms with van der Waals surface area (Å²) in [6.07, 6.45) is 0. The molecule has 2 amide bonds. The zero-order valence-corrected chi connectivity index (χ0v) is 11.7. The first kappa shape index (κ1) is 13.8.